The van der Waals surface area contributed by atoms with Crippen LogP contribution in [-0.4, -0.2) is 5.78 Å². The van der Waals surface area contributed by atoms with E-state index >= 15 is 0 Å². The van der Waals surface area contributed by atoms with E-state index in [1.165, 1.54) is 32.1 Å². The van der Waals surface area contributed by atoms with Crippen molar-refractivity contribution < 1.29 is 25.8 Å². The van der Waals surface area contributed by atoms with E-state index in [0.717, 1.165) is 12.0 Å². The SMILES string of the molecule is FP(F)(F)(F)F.O=C(CC1CCCCC1)c1ccccc1. The summed E-state index contributed by atoms with van der Waals surface area (Å²) in [6.07, 6.45) is 7.23. The second-order valence-electron chi connectivity index (χ2n) is 5.14. The number of ketones is 1. The summed E-state index contributed by atoms with van der Waals surface area (Å²) in [5.74, 6) is 0.967. The first-order chi connectivity index (χ1) is 9.60. The number of Topliss-reactive ketones (excluding diaryl/α,β-unsaturated/α-hetero) is 1. The van der Waals surface area contributed by atoms with Crippen molar-refractivity contribution in [3.63, 3.8) is 0 Å². The summed E-state index contributed by atoms with van der Waals surface area (Å²) in [5.41, 5.74) is 0.878. The van der Waals surface area contributed by atoms with Crippen molar-refractivity contribution in [3.05, 3.63) is 35.9 Å². The van der Waals surface area contributed by atoms with Crippen LogP contribution in [0.2, 0.25) is 0 Å². The van der Waals surface area contributed by atoms with E-state index in [1.807, 2.05) is 30.3 Å². The van der Waals surface area contributed by atoms with Crippen LogP contribution in [0, 0.1) is 5.92 Å². The molecule has 0 radical (unpaired) electrons. The molecule has 0 aliphatic heterocycles. The maximum absolute atomic E-state index is 11.9. The molecule has 1 fully saturated rings. The minimum atomic E-state index is -8.55. The van der Waals surface area contributed by atoms with Gasteiger partial charge in [-0.15, -0.1) is 0 Å². The number of carbonyl (C=O) groups is 1. The van der Waals surface area contributed by atoms with Crippen molar-refractivity contribution >= 4 is 13.9 Å². The molecule has 0 N–H and O–H groups in total. The van der Waals surface area contributed by atoms with E-state index in [-0.39, 0.29) is 0 Å². The summed E-state index contributed by atoms with van der Waals surface area (Å²) in [4.78, 5) is 11.9. The van der Waals surface area contributed by atoms with Gasteiger partial charge in [0.05, 0.1) is 0 Å². The topological polar surface area (TPSA) is 17.1 Å². The first-order valence-electron chi connectivity index (χ1n) is 6.79. The first kappa shape index (κ1) is 18.0. The smallest absolute Gasteiger partial charge is 0.163 e. The maximum atomic E-state index is 11.9. The van der Waals surface area contributed by atoms with E-state index in [0.29, 0.717) is 11.7 Å². The van der Waals surface area contributed by atoms with Crippen LogP contribution in [0.1, 0.15) is 48.9 Å². The predicted molar refractivity (Wildman–Crippen MR) is 74.4 cm³/mol. The van der Waals surface area contributed by atoms with Gasteiger partial charge in [0.1, 0.15) is 0 Å². The van der Waals surface area contributed by atoms with Crippen LogP contribution in [0.25, 0.3) is 0 Å². The van der Waals surface area contributed by atoms with E-state index < -0.39 is 8.16 Å². The summed E-state index contributed by atoms with van der Waals surface area (Å²) in [5, 5.41) is 0. The van der Waals surface area contributed by atoms with Gasteiger partial charge in [0.25, 0.3) is 0 Å². The predicted octanol–water partition coefficient (Wildman–Crippen LogP) is 6.80. The molecule has 2 rings (SSSR count). The molecule has 1 aromatic rings. The van der Waals surface area contributed by atoms with Crippen molar-refractivity contribution in [2.75, 3.05) is 0 Å². The Morgan fingerprint density at radius 1 is 0.952 bits per heavy atom. The van der Waals surface area contributed by atoms with Crippen molar-refractivity contribution in [2.24, 2.45) is 5.92 Å². The number of hydrogen-bond donors (Lipinski definition) is 0. The Bertz CT molecular complexity index is 432. The number of rotatable bonds is 3. The molecule has 0 spiro atoms. The van der Waals surface area contributed by atoms with Gasteiger partial charge in [-0.2, -0.15) is 0 Å². The maximum Gasteiger partial charge on any atom is 0.163 e. The summed E-state index contributed by atoms with van der Waals surface area (Å²) < 4.78 is 49.2. The molecule has 0 atom stereocenters. The molecule has 7 heteroatoms. The van der Waals surface area contributed by atoms with E-state index in [4.69, 9.17) is 0 Å². The normalized spacial score (nSPS) is 18.0. The van der Waals surface area contributed by atoms with Gasteiger partial charge in [-0.05, 0) is 5.92 Å². The van der Waals surface area contributed by atoms with Crippen LogP contribution < -0.4 is 0 Å². The van der Waals surface area contributed by atoms with Crippen LogP contribution in [0.4, 0.5) is 21.0 Å². The third-order valence-electron chi connectivity index (χ3n) is 3.29. The Labute approximate surface area is 121 Å². The van der Waals surface area contributed by atoms with Crippen molar-refractivity contribution in [3.8, 4) is 0 Å². The Balaban J connectivity index is 0.000000315. The summed E-state index contributed by atoms with van der Waals surface area (Å²) in [6, 6.07) is 9.68. The van der Waals surface area contributed by atoms with Gasteiger partial charge in [0.15, 0.2) is 5.78 Å². The third kappa shape index (κ3) is 10.4. The van der Waals surface area contributed by atoms with E-state index in [9.17, 15) is 25.8 Å². The largest absolute Gasteiger partial charge is 0.294 e. The Morgan fingerprint density at radius 2 is 1.43 bits per heavy atom. The number of hydrogen-bond acceptors (Lipinski definition) is 1. The minimum absolute atomic E-state index is 0.322. The van der Waals surface area contributed by atoms with E-state index in [1.54, 1.807) is 0 Å². The first-order valence-corrected chi connectivity index (χ1v) is 8.48. The van der Waals surface area contributed by atoms with Gasteiger partial charge < -0.3 is 0 Å². The van der Waals surface area contributed by atoms with Crippen LogP contribution in [0.3, 0.4) is 0 Å². The molecule has 120 valence electrons. The molecule has 1 nitrogen and oxygen atoms in total. The Morgan fingerprint density at radius 3 is 1.90 bits per heavy atom. The van der Waals surface area contributed by atoms with Crippen LogP contribution >= 0.6 is 8.16 Å². The Hall–Kier alpha value is -1.03. The summed E-state index contributed by atoms with van der Waals surface area (Å²) in [7, 11) is -8.55. The number of halogens is 5. The molecule has 0 aromatic heterocycles. The molecule has 0 heterocycles. The molecular formula is C14H18F5OP. The molecule has 0 saturated heterocycles. The van der Waals surface area contributed by atoms with Crippen LogP contribution in [0.15, 0.2) is 30.3 Å². The number of benzene rings is 1. The molecule has 0 bridgehead atoms. The second kappa shape index (κ2) is 7.30. The van der Waals surface area contributed by atoms with Gasteiger partial charge in [-0.3, -0.25) is 4.79 Å². The fourth-order valence-electron chi connectivity index (χ4n) is 2.40. The van der Waals surface area contributed by atoms with Gasteiger partial charge in [0, 0.05) is 12.0 Å². The zero-order valence-electron chi connectivity index (χ0n) is 11.5. The standard InChI is InChI=1S/C14H18O.F5P/c15-14(13-9-5-2-6-10-13)11-12-7-3-1-4-8-12;1-6(2,3,4)5/h2,5-6,9-10,12H,1,3-4,7-8,11H2;. The quantitative estimate of drug-likeness (QED) is 0.339. The van der Waals surface area contributed by atoms with Gasteiger partial charge >= 0.3 is 29.1 Å². The molecule has 1 aromatic carbocycles. The van der Waals surface area contributed by atoms with Crippen LogP contribution in [0.5, 0.6) is 0 Å². The zero-order chi connectivity index (χ0) is 16.0. The molecular weight excluding hydrogens is 310 g/mol. The molecule has 1 saturated carbocycles. The fraction of sp³-hybridized carbons (Fsp3) is 0.500. The molecule has 1 aliphatic carbocycles. The average Bonchev–Trinajstić information content (AvgIpc) is 2.38. The van der Waals surface area contributed by atoms with Crippen molar-refractivity contribution in [1.82, 2.24) is 0 Å². The molecule has 1 aliphatic rings. The second-order valence-corrected chi connectivity index (χ2v) is 6.41. The number of carbonyl (C=O) groups excluding carboxylic acids is 1. The molecule has 0 amide bonds. The average molecular weight is 328 g/mol. The van der Waals surface area contributed by atoms with Gasteiger partial charge in [-0.25, -0.2) is 0 Å². The van der Waals surface area contributed by atoms with Gasteiger partial charge in [-0.1, -0.05) is 62.4 Å². The van der Waals surface area contributed by atoms with Gasteiger partial charge in [0.2, 0.25) is 0 Å². The Kier molecular flexibility index (Phi) is 6.26. The summed E-state index contributed by atoms with van der Waals surface area (Å²) >= 11 is 0. The minimum Gasteiger partial charge on any atom is -0.294 e. The monoisotopic (exact) mass is 328 g/mol. The fourth-order valence-corrected chi connectivity index (χ4v) is 2.40. The van der Waals surface area contributed by atoms with E-state index in [2.05, 4.69) is 0 Å². The zero-order valence-corrected chi connectivity index (χ0v) is 12.3. The third-order valence-corrected chi connectivity index (χ3v) is 3.29. The van der Waals surface area contributed by atoms with Crippen molar-refractivity contribution in [1.29, 1.82) is 0 Å². The van der Waals surface area contributed by atoms with Crippen LogP contribution in [-0.2, 0) is 0 Å². The van der Waals surface area contributed by atoms with Crippen molar-refractivity contribution in [2.45, 2.75) is 38.5 Å². The molecule has 21 heavy (non-hydrogen) atoms. The summed E-state index contributed by atoms with van der Waals surface area (Å²) in [6.45, 7) is 0. The molecule has 0 unspecified atom stereocenters.